The molecule has 3 N–H and O–H groups in total. The van der Waals surface area contributed by atoms with E-state index in [2.05, 4.69) is 0 Å². The number of fused-ring (bicyclic) bond motifs is 1. The Bertz CT molecular complexity index is 1220. The highest BCUT2D eigenvalue weighted by atomic mass is 35.5. The van der Waals surface area contributed by atoms with Crippen molar-refractivity contribution in [1.82, 2.24) is 9.55 Å². The van der Waals surface area contributed by atoms with Crippen LogP contribution in [-0.4, -0.2) is 36.1 Å². The molecule has 0 bridgehead atoms. The molecule has 0 unspecified atom stereocenters. The highest BCUT2D eigenvalue weighted by Crippen LogP contribution is 2.31. The Hall–Kier alpha value is -2.58. The average molecular weight is 476 g/mol. The van der Waals surface area contributed by atoms with Crippen molar-refractivity contribution < 1.29 is 8.42 Å². The summed E-state index contributed by atoms with van der Waals surface area (Å²) < 4.78 is 28.9. The van der Waals surface area contributed by atoms with Crippen molar-refractivity contribution in [3.05, 3.63) is 59.4 Å². The summed E-state index contributed by atoms with van der Waals surface area (Å²) in [6.45, 7) is 0. The van der Waals surface area contributed by atoms with E-state index in [0.717, 1.165) is 48.1 Å². The van der Waals surface area contributed by atoms with Gasteiger partial charge in [0.2, 0.25) is 10.0 Å². The summed E-state index contributed by atoms with van der Waals surface area (Å²) in [6.07, 6.45) is 7.02. The second kappa shape index (κ2) is 9.50. The number of amidine groups is 1. The fourth-order valence-electron chi connectivity index (χ4n) is 4.51. The molecule has 0 spiro atoms. The number of rotatable bonds is 6. The normalized spacial score (nSPS) is 14.8. The van der Waals surface area contributed by atoms with Crippen LogP contribution in [0.25, 0.3) is 11.0 Å². The minimum absolute atomic E-state index is 0. The first kappa shape index (κ1) is 24.1. The topological polar surface area (TPSA) is 105 Å². The number of sulfonamides is 1. The maximum absolute atomic E-state index is 12.6. The van der Waals surface area contributed by atoms with Gasteiger partial charge in [-0.1, -0.05) is 43.5 Å². The fraction of sp³-hybridized carbons (Fsp3) is 0.391. The number of nitrogen functional groups attached to an aromatic ring is 1. The molecule has 0 amide bonds. The number of hydrogen-bond donors (Lipinski definition) is 2. The summed E-state index contributed by atoms with van der Waals surface area (Å²) >= 11 is 0. The number of halogens is 1. The maximum atomic E-state index is 12.6. The lowest BCUT2D eigenvalue weighted by Crippen LogP contribution is -2.40. The molecule has 0 atom stereocenters. The Morgan fingerprint density at radius 2 is 1.81 bits per heavy atom. The van der Waals surface area contributed by atoms with Gasteiger partial charge < -0.3 is 10.3 Å². The Morgan fingerprint density at radius 1 is 1.16 bits per heavy atom. The third-order valence-corrected chi connectivity index (χ3v) is 7.33. The first-order chi connectivity index (χ1) is 14.7. The van der Waals surface area contributed by atoms with Crippen LogP contribution in [0.3, 0.4) is 0 Å². The Labute approximate surface area is 195 Å². The predicted octanol–water partition coefficient (Wildman–Crippen LogP) is 3.97. The zero-order valence-corrected chi connectivity index (χ0v) is 20.0. The first-order valence-electron chi connectivity index (χ1n) is 10.6. The molecule has 1 saturated carbocycles. The number of imidazole rings is 1. The van der Waals surface area contributed by atoms with E-state index in [1.54, 1.807) is 4.31 Å². The van der Waals surface area contributed by atoms with Gasteiger partial charge in [0.05, 0.1) is 23.0 Å². The Kier molecular flexibility index (Phi) is 7.15. The molecule has 9 heteroatoms. The van der Waals surface area contributed by atoms with E-state index < -0.39 is 10.0 Å². The molecule has 1 heterocycles. The minimum atomic E-state index is -3.38. The van der Waals surface area contributed by atoms with Crippen molar-refractivity contribution >= 4 is 45.0 Å². The third kappa shape index (κ3) is 4.91. The van der Waals surface area contributed by atoms with Gasteiger partial charge in [-0.2, -0.15) is 0 Å². The van der Waals surface area contributed by atoms with Crippen LogP contribution in [0.1, 0.15) is 49.1 Å². The summed E-state index contributed by atoms with van der Waals surface area (Å²) in [5.41, 5.74) is 9.76. The summed E-state index contributed by atoms with van der Waals surface area (Å²) in [4.78, 5) is 4.81. The molecule has 172 valence electrons. The molecule has 3 aromatic rings. The largest absolute Gasteiger partial charge is 0.384 e. The van der Waals surface area contributed by atoms with Crippen LogP contribution < -0.4 is 10.0 Å². The predicted molar refractivity (Wildman–Crippen MR) is 132 cm³/mol. The van der Waals surface area contributed by atoms with Crippen LogP contribution in [-0.2, 0) is 23.5 Å². The molecule has 7 nitrogen and oxygen atoms in total. The first-order valence-corrected chi connectivity index (χ1v) is 12.5. The van der Waals surface area contributed by atoms with E-state index in [4.69, 9.17) is 16.1 Å². The van der Waals surface area contributed by atoms with Crippen LogP contribution in [0.2, 0.25) is 0 Å². The van der Waals surface area contributed by atoms with E-state index in [-0.39, 0.29) is 24.3 Å². The summed E-state index contributed by atoms with van der Waals surface area (Å²) in [5.74, 6) is 0.946. The minimum Gasteiger partial charge on any atom is -0.384 e. The zero-order chi connectivity index (χ0) is 22.2. The highest BCUT2D eigenvalue weighted by Gasteiger charge is 2.28. The lowest BCUT2D eigenvalue weighted by atomic mass is 9.95. The SMILES string of the molecule is Cl.Cn1c(Cc2ccc(C(=N)N)cc2)nc2cc(N(C3CCCCC3)S(C)(=O)=O)ccc21. The lowest BCUT2D eigenvalue weighted by Gasteiger charge is -2.34. The average Bonchev–Trinajstić information content (AvgIpc) is 3.03. The van der Waals surface area contributed by atoms with Crippen molar-refractivity contribution in [3.63, 3.8) is 0 Å². The molecular formula is C23H30ClN5O2S. The molecule has 1 fully saturated rings. The molecule has 32 heavy (non-hydrogen) atoms. The van der Waals surface area contributed by atoms with Gasteiger partial charge in [-0.3, -0.25) is 9.71 Å². The van der Waals surface area contributed by atoms with E-state index in [1.165, 1.54) is 12.7 Å². The van der Waals surface area contributed by atoms with Gasteiger partial charge in [-0.25, -0.2) is 13.4 Å². The van der Waals surface area contributed by atoms with Crippen molar-refractivity contribution in [2.45, 2.75) is 44.6 Å². The number of nitrogens with one attached hydrogen (secondary N) is 1. The van der Waals surface area contributed by atoms with Gasteiger partial charge in [0.25, 0.3) is 0 Å². The van der Waals surface area contributed by atoms with E-state index in [0.29, 0.717) is 17.7 Å². The number of hydrogen-bond acceptors (Lipinski definition) is 4. The molecule has 0 radical (unpaired) electrons. The summed E-state index contributed by atoms with van der Waals surface area (Å²) in [7, 11) is -1.40. The fourth-order valence-corrected chi connectivity index (χ4v) is 5.76. The summed E-state index contributed by atoms with van der Waals surface area (Å²) in [6, 6.07) is 13.4. The van der Waals surface area contributed by atoms with Gasteiger partial charge in [-0.15, -0.1) is 12.4 Å². The molecular weight excluding hydrogens is 446 g/mol. The molecule has 1 aromatic heterocycles. The van der Waals surface area contributed by atoms with Crippen LogP contribution >= 0.6 is 12.4 Å². The van der Waals surface area contributed by atoms with Gasteiger partial charge >= 0.3 is 0 Å². The lowest BCUT2D eigenvalue weighted by molar-refractivity contribution is 0.439. The monoisotopic (exact) mass is 475 g/mol. The van der Waals surface area contributed by atoms with E-state index in [1.807, 2.05) is 54.1 Å². The second-order valence-electron chi connectivity index (χ2n) is 8.40. The Morgan fingerprint density at radius 3 is 2.41 bits per heavy atom. The Balaban J connectivity index is 0.00000289. The number of nitrogens with two attached hydrogens (primary N) is 1. The third-order valence-electron chi connectivity index (χ3n) is 6.10. The van der Waals surface area contributed by atoms with Crippen LogP contribution in [0.15, 0.2) is 42.5 Å². The van der Waals surface area contributed by atoms with E-state index in [9.17, 15) is 8.42 Å². The highest BCUT2D eigenvalue weighted by molar-refractivity contribution is 7.92. The van der Waals surface area contributed by atoms with Crippen molar-refractivity contribution in [2.24, 2.45) is 12.8 Å². The summed E-state index contributed by atoms with van der Waals surface area (Å²) in [5, 5.41) is 7.52. The van der Waals surface area contributed by atoms with Crippen molar-refractivity contribution in [3.8, 4) is 0 Å². The van der Waals surface area contributed by atoms with Crippen LogP contribution in [0, 0.1) is 5.41 Å². The zero-order valence-electron chi connectivity index (χ0n) is 18.4. The quantitative estimate of drug-likeness (QED) is 0.415. The van der Waals surface area contributed by atoms with Gasteiger partial charge in [0.1, 0.15) is 11.7 Å². The van der Waals surface area contributed by atoms with Crippen molar-refractivity contribution in [2.75, 3.05) is 10.6 Å². The molecule has 1 aliphatic carbocycles. The van der Waals surface area contributed by atoms with Crippen LogP contribution in [0.4, 0.5) is 5.69 Å². The maximum Gasteiger partial charge on any atom is 0.232 e. The standard InChI is InChI=1S/C23H29N5O2S.ClH/c1-27-21-13-12-19(28(31(2,29)30)18-6-4-3-5-7-18)15-20(21)26-22(27)14-16-8-10-17(11-9-16)23(24)25;/h8-13,15,18H,3-7,14H2,1-2H3,(H3,24,25);1H. The van der Waals surface area contributed by atoms with Crippen LogP contribution in [0.5, 0.6) is 0 Å². The molecule has 0 saturated heterocycles. The number of aryl methyl sites for hydroxylation is 1. The number of nitrogens with zero attached hydrogens (tertiary/aromatic N) is 3. The number of anilines is 1. The number of benzene rings is 2. The molecule has 0 aliphatic heterocycles. The van der Waals surface area contributed by atoms with Gasteiger partial charge in [0, 0.05) is 25.1 Å². The molecule has 4 rings (SSSR count). The second-order valence-corrected chi connectivity index (χ2v) is 10.3. The van der Waals surface area contributed by atoms with Crippen molar-refractivity contribution in [1.29, 1.82) is 5.41 Å². The molecule has 2 aromatic carbocycles. The number of aromatic nitrogens is 2. The smallest absolute Gasteiger partial charge is 0.232 e. The van der Waals surface area contributed by atoms with Gasteiger partial charge in [-0.05, 0) is 36.6 Å². The molecule has 1 aliphatic rings. The van der Waals surface area contributed by atoms with Gasteiger partial charge in [0.15, 0.2) is 0 Å². The van der Waals surface area contributed by atoms with E-state index >= 15 is 0 Å².